The fourth-order valence-corrected chi connectivity index (χ4v) is 4.17. The highest BCUT2D eigenvalue weighted by Gasteiger charge is 2.31. The number of piperidine rings is 1. The molecule has 0 saturated carbocycles. The molecule has 1 fully saturated rings. The number of Topliss-reactive ketones (excluding diaryl/α,β-unsaturated/α-hetero) is 1. The lowest BCUT2D eigenvalue weighted by Crippen LogP contribution is -2.49. The normalized spacial score (nSPS) is 16.0. The standard InChI is InChI=1S/C25H36N4O7/c1-15-11-16(2)28-17(3)23(15)25(35)36-14-20(31)19(12-18-7-6-9-26-24(18)34)29-22(33)13-27-21(32)8-4-5-10-30/h11,18-19,30H,4-10,12-14H2,1-3H3,(H,26,34)(H,27,32)(H,29,33)/t18?,19-/m0/s1. The van der Waals surface area contributed by atoms with E-state index in [1.807, 2.05) is 6.92 Å². The number of rotatable bonds is 13. The van der Waals surface area contributed by atoms with Crippen molar-refractivity contribution in [2.75, 3.05) is 26.3 Å². The maximum atomic E-state index is 13.0. The fourth-order valence-electron chi connectivity index (χ4n) is 4.17. The molecule has 2 rings (SSSR count). The summed E-state index contributed by atoms with van der Waals surface area (Å²) >= 11 is 0. The second-order valence-electron chi connectivity index (χ2n) is 9.03. The van der Waals surface area contributed by atoms with Crippen LogP contribution < -0.4 is 16.0 Å². The van der Waals surface area contributed by atoms with E-state index in [2.05, 4.69) is 20.9 Å². The number of carbonyl (C=O) groups excluding carboxylic acids is 5. The number of aliphatic hydroxyl groups excluding tert-OH is 1. The highest BCUT2D eigenvalue weighted by molar-refractivity contribution is 5.96. The van der Waals surface area contributed by atoms with Crippen molar-refractivity contribution < 1.29 is 33.8 Å². The Morgan fingerprint density at radius 2 is 1.94 bits per heavy atom. The summed E-state index contributed by atoms with van der Waals surface area (Å²) in [5, 5.41) is 16.6. The number of ether oxygens (including phenoxy) is 1. The number of unbranched alkanes of at least 4 members (excludes halogenated alkanes) is 1. The SMILES string of the molecule is Cc1cc(C)c(C(=O)OCC(=O)[C@H](CC2CCCNC2=O)NC(=O)CNC(=O)CCCCO)c(C)n1. The number of nitrogens with one attached hydrogen (secondary N) is 3. The highest BCUT2D eigenvalue weighted by atomic mass is 16.5. The summed E-state index contributed by atoms with van der Waals surface area (Å²) in [5.41, 5.74) is 2.20. The minimum Gasteiger partial charge on any atom is -0.454 e. The van der Waals surface area contributed by atoms with E-state index in [1.165, 1.54) is 0 Å². The monoisotopic (exact) mass is 504 g/mol. The number of aliphatic hydroxyl groups is 1. The molecule has 198 valence electrons. The molecule has 4 N–H and O–H groups in total. The van der Waals surface area contributed by atoms with Crippen LogP contribution in [0.3, 0.4) is 0 Å². The number of hydrogen-bond donors (Lipinski definition) is 4. The van der Waals surface area contributed by atoms with E-state index in [4.69, 9.17) is 9.84 Å². The molecule has 1 aliphatic heterocycles. The first-order valence-corrected chi connectivity index (χ1v) is 12.2. The van der Waals surface area contributed by atoms with E-state index in [0.717, 1.165) is 12.1 Å². The van der Waals surface area contributed by atoms with Gasteiger partial charge in [-0.05, 0) is 64.5 Å². The molecular formula is C25H36N4O7. The maximum Gasteiger partial charge on any atom is 0.340 e. The van der Waals surface area contributed by atoms with Gasteiger partial charge in [0.05, 0.1) is 23.8 Å². The molecule has 0 spiro atoms. The highest BCUT2D eigenvalue weighted by Crippen LogP contribution is 2.19. The molecule has 3 amide bonds. The molecule has 0 aliphatic carbocycles. The van der Waals surface area contributed by atoms with Crippen molar-refractivity contribution in [3.63, 3.8) is 0 Å². The minimum absolute atomic E-state index is 0.0174. The summed E-state index contributed by atoms with van der Waals surface area (Å²) in [6.07, 6.45) is 2.52. The smallest absolute Gasteiger partial charge is 0.340 e. The predicted octanol–water partition coefficient (Wildman–Crippen LogP) is 0.413. The van der Waals surface area contributed by atoms with Gasteiger partial charge in [-0.25, -0.2) is 4.79 Å². The summed E-state index contributed by atoms with van der Waals surface area (Å²) in [7, 11) is 0. The number of hydrogen-bond acceptors (Lipinski definition) is 8. The van der Waals surface area contributed by atoms with E-state index < -0.39 is 36.2 Å². The third-order valence-corrected chi connectivity index (χ3v) is 5.98. The van der Waals surface area contributed by atoms with Gasteiger partial charge in [-0.3, -0.25) is 24.2 Å². The second-order valence-corrected chi connectivity index (χ2v) is 9.03. The number of aromatic nitrogens is 1. The van der Waals surface area contributed by atoms with Crippen LogP contribution >= 0.6 is 0 Å². The van der Waals surface area contributed by atoms with E-state index in [-0.39, 0.29) is 43.4 Å². The average Bonchev–Trinajstić information content (AvgIpc) is 2.81. The average molecular weight is 505 g/mol. The van der Waals surface area contributed by atoms with Crippen LogP contribution in [0.15, 0.2) is 6.07 Å². The molecular weight excluding hydrogens is 468 g/mol. The zero-order chi connectivity index (χ0) is 26.7. The number of nitrogens with zero attached hydrogens (tertiary/aromatic N) is 1. The molecule has 0 aromatic carbocycles. The molecule has 0 radical (unpaired) electrons. The molecule has 11 nitrogen and oxygen atoms in total. The van der Waals surface area contributed by atoms with Crippen LogP contribution in [-0.4, -0.2) is 71.9 Å². The van der Waals surface area contributed by atoms with Crippen molar-refractivity contribution >= 4 is 29.5 Å². The fraction of sp³-hybridized carbons (Fsp3) is 0.600. The molecule has 2 atom stereocenters. The number of pyridine rings is 1. The van der Waals surface area contributed by atoms with E-state index in [9.17, 15) is 24.0 Å². The molecule has 1 saturated heterocycles. The van der Waals surface area contributed by atoms with Gasteiger partial charge in [0.15, 0.2) is 12.4 Å². The van der Waals surface area contributed by atoms with Gasteiger partial charge in [0.2, 0.25) is 17.7 Å². The van der Waals surface area contributed by atoms with Gasteiger partial charge in [-0.15, -0.1) is 0 Å². The lowest BCUT2D eigenvalue weighted by atomic mass is 9.90. The van der Waals surface area contributed by atoms with Gasteiger partial charge in [0.1, 0.15) is 0 Å². The van der Waals surface area contributed by atoms with Crippen molar-refractivity contribution in [3.05, 3.63) is 28.6 Å². The lowest BCUT2D eigenvalue weighted by Gasteiger charge is -2.26. The zero-order valence-corrected chi connectivity index (χ0v) is 21.1. The van der Waals surface area contributed by atoms with Crippen LogP contribution in [-0.2, 0) is 23.9 Å². The van der Waals surface area contributed by atoms with Crippen LogP contribution in [0.2, 0.25) is 0 Å². The van der Waals surface area contributed by atoms with Crippen LogP contribution in [0.1, 0.15) is 65.8 Å². The Morgan fingerprint density at radius 3 is 2.61 bits per heavy atom. The Morgan fingerprint density at radius 1 is 1.19 bits per heavy atom. The van der Waals surface area contributed by atoms with Crippen LogP contribution in [0.4, 0.5) is 0 Å². The summed E-state index contributed by atoms with van der Waals surface area (Å²) in [6, 6.07) is 0.678. The van der Waals surface area contributed by atoms with Crippen molar-refractivity contribution in [1.29, 1.82) is 0 Å². The molecule has 1 unspecified atom stereocenters. The predicted molar refractivity (Wildman–Crippen MR) is 130 cm³/mol. The number of carbonyl (C=O) groups is 5. The van der Waals surface area contributed by atoms with Crippen molar-refractivity contribution in [1.82, 2.24) is 20.9 Å². The van der Waals surface area contributed by atoms with E-state index in [0.29, 0.717) is 37.1 Å². The number of amides is 3. The third kappa shape index (κ3) is 9.03. The Hall–Kier alpha value is -3.34. The van der Waals surface area contributed by atoms with Gasteiger partial charge < -0.3 is 25.8 Å². The quantitative estimate of drug-likeness (QED) is 0.222. The largest absolute Gasteiger partial charge is 0.454 e. The maximum absolute atomic E-state index is 13.0. The summed E-state index contributed by atoms with van der Waals surface area (Å²) < 4.78 is 5.25. The Balaban J connectivity index is 2.01. The van der Waals surface area contributed by atoms with Gasteiger partial charge in [0.25, 0.3) is 0 Å². The molecule has 36 heavy (non-hydrogen) atoms. The van der Waals surface area contributed by atoms with Gasteiger partial charge >= 0.3 is 5.97 Å². The molecule has 1 aromatic heterocycles. The summed E-state index contributed by atoms with van der Waals surface area (Å²) in [4.78, 5) is 66.4. The molecule has 2 heterocycles. The van der Waals surface area contributed by atoms with Gasteiger partial charge in [-0.2, -0.15) is 0 Å². The van der Waals surface area contributed by atoms with Gasteiger partial charge in [0, 0.05) is 31.2 Å². The van der Waals surface area contributed by atoms with Crippen molar-refractivity contribution in [3.8, 4) is 0 Å². The first kappa shape index (κ1) is 28.9. The third-order valence-electron chi connectivity index (χ3n) is 5.98. The number of ketones is 1. The number of aryl methyl sites for hydroxylation is 3. The summed E-state index contributed by atoms with van der Waals surface area (Å²) in [6.45, 7) is 4.86. The Labute approximate surface area is 210 Å². The lowest BCUT2D eigenvalue weighted by molar-refractivity contribution is -0.132. The first-order chi connectivity index (χ1) is 17.1. The second kappa shape index (κ2) is 14.3. The molecule has 1 aromatic rings. The first-order valence-electron chi connectivity index (χ1n) is 12.2. The van der Waals surface area contributed by atoms with Crippen molar-refractivity contribution in [2.24, 2.45) is 5.92 Å². The van der Waals surface area contributed by atoms with Gasteiger partial charge in [-0.1, -0.05) is 0 Å². The van der Waals surface area contributed by atoms with E-state index in [1.54, 1.807) is 19.9 Å². The van der Waals surface area contributed by atoms with E-state index >= 15 is 0 Å². The topological polar surface area (TPSA) is 164 Å². The zero-order valence-electron chi connectivity index (χ0n) is 21.1. The number of esters is 1. The molecule has 0 bridgehead atoms. The molecule has 1 aliphatic rings. The van der Waals surface area contributed by atoms with Crippen LogP contribution in [0.5, 0.6) is 0 Å². The van der Waals surface area contributed by atoms with Crippen LogP contribution in [0, 0.1) is 26.7 Å². The van der Waals surface area contributed by atoms with Crippen LogP contribution in [0.25, 0.3) is 0 Å². The van der Waals surface area contributed by atoms with Crippen molar-refractivity contribution in [2.45, 2.75) is 65.3 Å². The Bertz CT molecular complexity index is 956. The molecule has 11 heteroatoms. The minimum atomic E-state index is -1.07. The summed E-state index contributed by atoms with van der Waals surface area (Å²) in [5.74, 6) is -2.86. The Kier molecular flexibility index (Phi) is 11.5.